The van der Waals surface area contributed by atoms with E-state index < -0.39 is 5.92 Å². The maximum atomic E-state index is 12.0. The maximum absolute atomic E-state index is 12.0. The Balaban J connectivity index is 2.17. The van der Waals surface area contributed by atoms with Crippen molar-refractivity contribution in [2.24, 2.45) is 11.7 Å². The molecule has 2 atom stereocenters. The lowest BCUT2D eigenvalue weighted by Crippen LogP contribution is -2.37. The van der Waals surface area contributed by atoms with Crippen molar-refractivity contribution in [1.29, 1.82) is 0 Å². The Hall–Kier alpha value is -0.520. The normalized spacial score (nSPS) is 23.1. The summed E-state index contributed by atoms with van der Waals surface area (Å²) < 4.78 is 5.13. The third-order valence-electron chi connectivity index (χ3n) is 2.72. The Labute approximate surface area is 119 Å². The second-order valence-corrected chi connectivity index (χ2v) is 5.29. The first-order chi connectivity index (χ1) is 8.49. The van der Waals surface area contributed by atoms with Crippen LogP contribution in [0.25, 0.3) is 0 Å². The Kier molecular flexibility index (Phi) is 4.35. The van der Waals surface area contributed by atoms with Gasteiger partial charge in [0.2, 0.25) is 5.91 Å². The topological polar surface area (TPSA) is 64.3 Å². The molecule has 4 nitrogen and oxygen atoms in total. The molecule has 0 bridgehead atoms. The summed E-state index contributed by atoms with van der Waals surface area (Å²) in [7, 11) is 0. The number of ether oxygens (including phenoxy) is 1. The zero-order chi connectivity index (χ0) is 13.3. The van der Waals surface area contributed by atoms with Gasteiger partial charge in [0.25, 0.3) is 0 Å². The van der Waals surface area contributed by atoms with Crippen LogP contribution in [0, 0.1) is 5.92 Å². The quantitative estimate of drug-likeness (QED) is 0.882. The first-order valence-electron chi connectivity index (χ1n) is 5.27. The van der Waals surface area contributed by atoms with Gasteiger partial charge in [0, 0.05) is 11.1 Å². The SMILES string of the molecule is NC1COCC1C(=O)Nc1c(Cl)cc(Cl)cc1Cl. The van der Waals surface area contributed by atoms with Crippen LogP contribution in [0.2, 0.25) is 15.1 Å². The fraction of sp³-hybridized carbons (Fsp3) is 0.364. The standard InChI is InChI=1S/C11H11Cl3N2O2/c12-5-1-7(13)10(8(14)2-5)16-11(17)6-3-18-4-9(6)15/h1-2,6,9H,3-4,15H2,(H,16,17). The van der Waals surface area contributed by atoms with Crippen molar-refractivity contribution in [2.75, 3.05) is 18.5 Å². The first kappa shape index (κ1) is 13.9. The van der Waals surface area contributed by atoms with Crippen molar-refractivity contribution in [3.8, 4) is 0 Å². The van der Waals surface area contributed by atoms with Crippen LogP contribution >= 0.6 is 34.8 Å². The van der Waals surface area contributed by atoms with Gasteiger partial charge in [-0.25, -0.2) is 0 Å². The molecule has 0 aliphatic carbocycles. The summed E-state index contributed by atoms with van der Waals surface area (Å²) in [5, 5.41) is 3.63. The fourth-order valence-electron chi connectivity index (χ4n) is 1.72. The van der Waals surface area contributed by atoms with Crippen molar-refractivity contribution in [3.05, 3.63) is 27.2 Å². The van der Waals surface area contributed by atoms with Gasteiger partial charge >= 0.3 is 0 Å². The van der Waals surface area contributed by atoms with Crippen molar-refractivity contribution in [2.45, 2.75) is 6.04 Å². The highest BCUT2D eigenvalue weighted by Gasteiger charge is 2.31. The van der Waals surface area contributed by atoms with Gasteiger partial charge in [0.05, 0.1) is 34.9 Å². The second-order valence-electron chi connectivity index (χ2n) is 4.04. The van der Waals surface area contributed by atoms with E-state index in [1.54, 1.807) is 0 Å². The Morgan fingerprint density at radius 2 is 1.89 bits per heavy atom. The minimum atomic E-state index is -0.396. The Morgan fingerprint density at radius 3 is 2.39 bits per heavy atom. The molecule has 1 amide bonds. The van der Waals surface area contributed by atoms with E-state index in [9.17, 15) is 4.79 Å². The molecule has 1 aromatic rings. The lowest BCUT2D eigenvalue weighted by Gasteiger charge is -2.15. The Bertz CT molecular complexity index is 458. The highest BCUT2D eigenvalue weighted by molar-refractivity contribution is 6.42. The molecule has 1 heterocycles. The summed E-state index contributed by atoms with van der Waals surface area (Å²) >= 11 is 17.7. The number of benzene rings is 1. The number of amides is 1. The van der Waals surface area contributed by atoms with E-state index in [0.717, 1.165) is 0 Å². The van der Waals surface area contributed by atoms with Crippen molar-refractivity contribution in [3.63, 3.8) is 0 Å². The predicted octanol–water partition coefficient (Wildman–Crippen LogP) is 2.56. The number of rotatable bonds is 2. The second kappa shape index (κ2) is 5.63. The summed E-state index contributed by atoms with van der Waals surface area (Å²) in [5.74, 6) is -0.654. The van der Waals surface area contributed by atoms with Gasteiger partial charge in [-0.15, -0.1) is 0 Å². The molecule has 0 aromatic heterocycles. The molecule has 1 fully saturated rings. The number of nitrogens with one attached hydrogen (secondary N) is 1. The lowest BCUT2D eigenvalue weighted by molar-refractivity contribution is -0.120. The Morgan fingerprint density at radius 1 is 1.28 bits per heavy atom. The van der Waals surface area contributed by atoms with E-state index in [1.807, 2.05) is 0 Å². The minimum Gasteiger partial charge on any atom is -0.379 e. The van der Waals surface area contributed by atoms with Crippen molar-refractivity contribution >= 4 is 46.4 Å². The average Bonchev–Trinajstić information content (AvgIpc) is 2.69. The summed E-state index contributed by atoms with van der Waals surface area (Å²) in [6, 6.07) is 2.71. The van der Waals surface area contributed by atoms with E-state index in [2.05, 4.69) is 5.32 Å². The molecule has 0 saturated carbocycles. The van der Waals surface area contributed by atoms with Crippen LogP contribution in [0.1, 0.15) is 0 Å². The molecule has 1 saturated heterocycles. The number of nitrogens with two attached hydrogens (primary N) is 1. The molecule has 1 aliphatic rings. The molecule has 3 N–H and O–H groups in total. The molecule has 7 heteroatoms. The first-order valence-corrected chi connectivity index (χ1v) is 6.41. The van der Waals surface area contributed by atoms with E-state index in [0.29, 0.717) is 23.9 Å². The van der Waals surface area contributed by atoms with Gasteiger partial charge in [-0.1, -0.05) is 34.8 Å². The highest BCUT2D eigenvalue weighted by Crippen LogP contribution is 2.34. The van der Waals surface area contributed by atoms with Crippen LogP contribution in [0.3, 0.4) is 0 Å². The molecule has 2 rings (SSSR count). The lowest BCUT2D eigenvalue weighted by atomic mass is 10.0. The molecule has 1 aliphatic heterocycles. The van der Waals surface area contributed by atoms with Gasteiger partial charge < -0.3 is 15.8 Å². The van der Waals surface area contributed by atoms with Gasteiger partial charge in [-0.05, 0) is 12.1 Å². The van der Waals surface area contributed by atoms with Crippen LogP contribution in [0.4, 0.5) is 5.69 Å². The maximum Gasteiger partial charge on any atom is 0.231 e. The van der Waals surface area contributed by atoms with Crippen LogP contribution in [-0.4, -0.2) is 25.2 Å². The van der Waals surface area contributed by atoms with E-state index in [4.69, 9.17) is 45.3 Å². The number of halogens is 3. The molecule has 0 radical (unpaired) electrons. The number of carbonyl (C=O) groups is 1. The zero-order valence-corrected chi connectivity index (χ0v) is 11.5. The molecular formula is C11H11Cl3N2O2. The smallest absolute Gasteiger partial charge is 0.231 e. The molecule has 98 valence electrons. The number of hydrogen-bond acceptors (Lipinski definition) is 3. The van der Waals surface area contributed by atoms with Crippen LogP contribution in [0.5, 0.6) is 0 Å². The zero-order valence-electron chi connectivity index (χ0n) is 9.25. The number of carbonyl (C=O) groups excluding carboxylic acids is 1. The largest absolute Gasteiger partial charge is 0.379 e. The highest BCUT2D eigenvalue weighted by atomic mass is 35.5. The third kappa shape index (κ3) is 2.90. The van der Waals surface area contributed by atoms with Gasteiger partial charge in [-0.3, -0.25) is 4.79 Å². The minimum absolute atomic E-state index is 0.258. The molecule has 0 spiro atoms. The van der Waals surface area contributed by atoms with Crippen molar-refractivity contribution in [1.82, 2.24) is 0 Å². The summed E-state index contributed by atoms with van der Waals surface area (Å²) in [6.45, 7) is 0.677. The van der Waals surface area contributed by atoms with Gasteiger partial charge in [0.1, 0.15) is 0 Å². The van der Waals surface area contributed by atoms with Crippen LogP contribution in [-0.2, 0) is 9.53 Å². The molecule has 18 heavy (non-hydrogen) atoms. The van der Waals surface area contributed by atoms with E-state index >= 15 is 0 Å². The number of hydrogen-bond donors (Lipinski definition) is 2. The van der Waals surface area contributed by atoms with Gasteiger partial charge in [-0.2, -0.15) is 0 Å². The third-order valence-corrected chi connectivity index (χ3v) is 3.53. The average molecular weight is 310 g/mol. The number of anilines is 1. The summed E-state index contributed by atoms with van der Waals surface area (Å²) in [4.78, 5) is 12.0. The summed E-state index contributed by atoms with van der Waals surface area (Å²) in [6.07, 6.45) is 0. The molecule has 2 unspecified atom stereocenters. The molecular weight excluding hydrogens is 298 g/mol. The fourth-order valence-corrected chi connectivity index (χ4v) is 2.63. The monoisotopic (exact) mass is 308 g/mol. The van der Waals surface area contributed by atoms with Crippen LogP contribution < -0.4 is 11.1 Å². The van der Waals surface area contributed by atoms with E-state index in [-0.39, 0.29) is 22.0 Å². The van der Waals surface area contributed by atoms with Crippen LogP contribution in [0.15, 0.2) is 12.1 Å². The predicted molar refractivity (Wildman–Crippen MR) is 72.4 cm³/mol. The summed E-state index contributed by atoms with van der Waals surface area (Å²) in [5.41, 5.74) is 6.10. The molecule has 1 aromatic carbocycles. The van der Waals surface area contributed by atoms with Crippen molar-refractivity contribution < 1.29 is 9.53 Å². The van der Waals surface area contributed by atoms with E-state index in [1.165, 1.54) is 12.1 Å². The van der Waals surface area contributed by atoms with Gasteiger partial charge in [0.15, 0.2) is 0 Å².